The average molecular weight is 1570 g/mol. The summed E-state index contributed by atoms with van der Waals surface area (Å²) in [5, 5.41) is 51.6. The Hall–Kier alpha value is -11.8. The van der Waals surface area contributed by atoms with Gasteiger partial charge in [-0.05, 0) is 79.5 Å². The summed E-state index contributed by atoms with van der Waals surface area (Å²) < 4.78 is 0. The molecule has 0 aliphatic rings. The minimum atomic E-state index is -1.92. The number of hydrogen-bond donors (Lipinski definition) is 23. The first-order chi connectivity index (χ1) is 52.0. The number of aliphatic hydroxyl groups excluding tert-OH is 1. The molecule has 110 heavy (non-hydrogen) atoms. The number of aromatic nitrogens is 2. The molecule has 26 N–H and O–H groups in total. The standard InChI is InChI=1S/C70H95N19O19S2/c1-33(2)13-18-44(61(99)86-51(27-57(74)96)67(105)85-50(26-56(73)95)60(98)78-30-58(75)97)80-65(103)48(24-37-28-76-42-11-7-5-9-40(37)42)84-64(102)47(23-36-14-16-39(92)17-15-36)83-69(107)53(32-110)88-62(100)45(19-21-54(71)93)81-66(104)49(25-38-29-77-43-12-8-6-10-41(38)43)87-70(108)59(34(3)90)89-63(101)46(20-22-55(72)94)82-68(106)52(31-109)79-35(4)91/h5-12,14-17,28-29,33-34,44-53,59,76-77,90,92,109-110H,13,18-27,30-32H2,1-4H3,(H2,71,93)(H2,72,94)(H2,73,95)(H2,74,96)(H2,75,97)(H,78,98)(H,79,91)(H,80,103)(H,81,104)(H,82,106)(H,83,107)(H,84,102)(H,85,105)(H,86,99)(H,87,108)(H,88,100)(H,89,101)/t34-,44+,45+,46+,47+,48+,49+,50+,51+,52+,53+,59+/m1/s1. The normalized spacial score (nSPS) is 14.4. The topological polar surface area (TPSA) is 637 Å². The maximum absolute atomic E-state index is 15.1. The highest BCUT2D eigenvalue weighted by molar-refractivity contribution is 7.80. The molecule has 2 aromatic heterocycles. The van der Waals surface area contributed by atoms with Gasteiger partial charge < -0.3 is 113 Å². The van der Waals surface area contributed by atoms with Crippen molar-refractivity contribution in [2.75, 3.05) is 18.1 Å². The molecule has 0 fully saturated rings. The van der Waals surface area contributed by atoms with Crippen molar-refractivity contribution in [3.05, 3.63) is 102 Å². The number of thiol groups is 2. The summed E-state index contributed by atoms with van der Waals surface area (Å²) in [4.78, 5) is 235. The molecule has 17 amide bonds. The van der Waals surface area contributed by atoms with Gasteiger partial charge >= 0.3 is 0 Å². The molecule has 5 aromatic rings. The van der Waals surface area contributed by atoms with Crippen LogP contribution >= 0.6 is 25.3 Å². The summed E-state index contributed by atoms with van der Waals surface area (Å²) in [5.74, 6) is -18.8. The zero-order chi connectivity index (χ0) is 81.6. The molecular formula is C70H95N19O19S2. The first kappa shape index (κ1) is 88.8. The summed E-state index contributed by atoms with van der Waals surface area (Å²) in [5.41, 5.74) is 29.3. The number of benzene rings is 3. The van der Waals surface area contributed by atoms with Gasteiger partial charge in [-0.15, -0.1) is 0 Å². The van der Waals surface area contributed by atoms with Gasteiger partial charge in [-0.3, -0.25) is 81.5 Å². The van der Waals surface area contributed by atoms with E-state index in [1.54, 1.807) is 68.6 Å². The largest absolute Gasteiger partial charge is 0.508 e. The molecule has 12 atom stereocenters. The fourth-order valence-corrected chi connectivity index (χ4v) is 11.8. The van der Waals surface area contributed by atoms with Crippen molar-refractivity contribution >= 4 is 147 Å². The zero-order valence-corrected chi connectivity index (χ0v) is 62.4. The van der Waals surface area contributed by atoms with E-state index in [1.807, 2.05) is 0 Å². The van der Waals surface area contributed by atoms with Crippen LogP contribution in [0.1, 0.15) is 95.8 Å². The van der Waals surface area contributed by atoms with Crippen LogP contribution in [0.5, 0.6) is 5.75 Å². The molecule has 38 nitrogen and oxygen atoms in total. The molecule has 0 saturated heterocycles. The van der Waals surface area contributed by atoms with Crippen LogP contribution in [0.4, 0.5) is 0 Å². The Morgan fingerprint density at radius 2 is 0.745 bits per heavy atom. The molecule has 0 saturated carbocycles. The maximum Gasteiger partial charge on any atom is 0.245 e. The summed E-state index contributed by atoms with van der Waals surface area (Å²) in [6.45, 7) is 5.13. The highest BCUT2D eigenvalue weighted by atomic mass is 32.1. The number of rotatable bonds is 46. The highest BCUT2D eigenvalue weighted by Crippen LogP contribution is 2.23. The maximum atomic E-state index is 15.1. The Labute approximate surface area is 641 Å². The number of aromatic hydroxyl groups is 1. The van der Waals surface area contributed by atoms with Crippen molar-refractivity contribution in [1.82, 2.24) is 73.8 Å². The van der Waals surface area contributed by atoms with E-state index in [0.29, 0.717) is 38.5 Å². The van der Waals surface area contributed by atoms with Crippen molar-refractivity contribution in [3.63, 3.8) is 0 Å². The fraction of sp³-hybridized carbons (Fsp3) is 0.443. The first-order valence-electron chi connectivity index (χ1n) is 34.7. The van der Waals surface area contributed by atoms with E-state index in [1.165, 1.54) is 30.5 Å². The third-order valence-electron chi connectivity index (χ3n) is 17.0. The number of aliphatic hydroxyl groups is 1. The Morgan fingerprint density at radius 1 is 0.391 bits per heavy atom. The molecule has 40 heteroatoms. The van der Waals surface area contributed by atoms with E-state index in [2.05, 4.69) is 99.0 Å². The van der Waals surface area contributed by atoms with Crippen molar-refractivity contribution in [2.45, 2.75) is 171 Å². The Balaban J connectivity index is 1.48. The number of primary amides is 5. The van der Waals surface area contributed by atoms with Crippen LogP contribution in [-0.2, 0) is 101 Å². The van der Waals surface area contributed by atoms with E-state index in [-0.39, 0.29) is 49.5 Å². The number of aromatic amines is 2. The molecule has 3 aromatic carbocycles. The lowest BCUT2D eigenvalue weighted by atomic mass is 9.99. The van der Waals surface area contributed by atoms with Crippen LogP contribution in [0.3, 0.4) is 0 Å². The van der Waals surface area contributed by atoms with Crippen LogP contribution in [0.25, 0.3) is 21.8 Å². The molecule has 5 rings (SSSR count). The van der Waals surface area contributed by atoms with Gasteiger partial charge in [0, 0.05) is 84.7 Å². The molecular weight excluding hydrogens is 1480 g/mol. The smallest absolute Gasteiger partial charge is 0.245 e. The molecule has 0 unspecified atom stereocenters. The number of amides is 17. The van der Waals surface area contributed by atoms with E-state index >= 15 is 9.59 Å². The van der Waals surface area contributed by atoms with Gasteiger partial charge in [-0.1, -0.05) is 62.4 Å². The molecule has 2 heterocycles. The van der Waals surface area contributed by atoms with Crippen LogP contribution in [-0.4, -0.2) is 211 Å². The Kier molecular flexibility index (Phi) is 34.9. The summed E-state index contributed by atoms with van der Waals surface area (Å²) in [6.07, 6.45) is -3.33. The number of nitrogens with one attached hydrogen (secondary N) is 14. The summed E-state index contributed by atoms with van der Waals surface area (Å²) >= 11 is 8.44. The summed E-state index contributed by atoms with van der Waals surface area (Å²) in [7, 11) is 0. The van der Waals surface area contributed by atoms with Crippen LogP contribution in [0.2, 0.25) is 0 Å². The minimum absolute atomic E-state index is 0.128. The molecule has 0 bridgehead atoms. The number of carbonyl (C=O) groups is 17. The van der Waals surface area contributed by atoms with Gasteiger partial charge in [0.2, 0.25) is 100 Å². The van der Waals surface area contributed by atoms with Crippen molar-refractivity contribution < 1.29 is 91.7 Å². The number of fused-ring (bicyclic) bond motifs is 2. The van der Waals surface area contributed by atoms with Gasteiger partial charge in [0.05, 0.1) is 25.5 Å². The number of nitrogens with two attached hydrogens (primary N) is 5. The second kappa shape index (κ2) is 43.3. The van der Waals surface area contributed by atoms with Gasteiger partial charge in [0.1, 0.15) is 72.2 Å². The second-order valence-corrected chi connectivity index (χ2v) is 27.1. The lowest BCUT2D eigenvalue weighted by molar-refractivity contribution is -0.137. The Morgan fingerprint density at radius 3 is 1.15 bits per heavy atom. The van der Waals surface area contributed by atoms with Crippen LogP contribution < -0.4 is 92.5 Å². The number of phenols is 1. The highest BCUT2D eigenvalue weighted by Gasteiger charge is 2.39. The number of para-hydroxylation sites is 2. The predicted octanol–water partition coefficient (Wildman–Crippen LogP) is -5.70. The fourth-order valence-electron chi connectivity index (χ4n) is 11.3. The third kappa shape index (κ3) is 28.7. The van der Waals surface area contributed by atoms with E-state index in [9.17, 15) is 82.1 Å². The molecule has 0 radical (unpaired) electrons. The monoisotopic (exact) mass is 1570 g/mol. The Bertz CT molecular complexity index is 4170. The third-order valence-corrected chi connectivity index (χ3v) is 17.8. The van der Waals surface area contributed by atoms with Gasteiger partial charge in [0.25, 0.3) is 0 Å². The molecule has 596 valence electrons. The predicted molar refractivity (Wildman–Crippen MR) is 403 cm³/mol. The van der Waals surface area contributed by atoms with Gasteiger partial charge in [0.15, 0.2) is 0 Å². The van der Waals surface area contributed by atoms with Crippen LogP contribution in [0, 0.1) is 5.92 Å². The number of hydrogen-bond acceptors (Lipinski definition) is 21. The lowest BCUT2D eigenvalue weighted by Gasteiger charge is -2.29. The number of phenolic OH excluding ortho intramolecular Hbond substituents is 1. The lowest BCUT2D eigenvalue weighted by Crippen LogP contribution is -2.62. The van der Waals surface area contributed by atoms with E-state index in [4.69, 9.17) is 28.7 Å². The van der Waals surface area contributed by atoms with Crippen LogP contribution in [0.15, 0.2) is 85.2 Å². The van der Waals surface area contributed by atoms with E-state index in [0.717, 1.165) is 13.8 Å². The SMILES string of the molecule is CC(=O)N[C@@H](CS)C(=O)N[C@@H](CCC(N)=O)C(=O)N[C@H](C(=O)N[C@@H](Cc1c[nH]c2ccccc12)C(=O)N[C@@H](CCC(N)=O)C(=O)N[C@@H](CS)C(=O)N[C@@H](Cc1ccc(O)cc1)C(=O)N[C@@H](Cc1c[nH]c2ccccc12)C(=O)N[C@@H](CCC(C)C)C(=O)N[C@@H](CC(N)=O)C(=O)N[C@@H](CC(N)=O)C(=O)NCC(N)=O)[C@@H](C)O. The van der Waals surface area contributed by atoms with E-state index < -0.39 is 224 Å². The van der Waals surface area contributed by atoms with Crippen molar-refractivity contribution in [1.29, 1.82) is 0 Å². The van der Waals surface area contributed by atoms with Crippen molar-refractivity contribution in [2.24, 2.45) is 34.6 Å². The summed E-state index contributed by atoms with van der Waals surface area (Å²) in [6, 6.07) is 0.599. The minimum Gasteiger partial charge on any atom is -0.508 e. The van der Waals surface area contributed by atoms with Crippen molar-refractivity contribution in [3.8, 4) is 5.75 Å². The van der Waals surface area contributed by atoms with Gasteiger partial charge in [-0.2, -0.15) is 25.3 Å². The molecule has 0 aliphatic carbocycles. The first-order valence-corrected chi connectivity index (χ1v) is 36.0. The average Bonchev–Trinajstić information content (AvgIpc) is 1.66. The number of H-pyrrole nitrogens is 2. The molecule has 0 aliphatic heterocycles. The second-order valence-electron chi connectivity index (χ2n) is 26.4. The zero-order valence-electron chi connectivity index (χ0n) is 60.6. The van der Waals surface area contributed by atoms with Gasteiger partial charge in [-0.25, -0.2) is 0 Å². The number of carbonyl (C=O) groups excluding carboxylic acids is 17. The molecule has 0 spiro atoms. The quantitative estimate of drug-likeness (QED) is 0.0161.